The van der Waals surface area contributed by atoms with Crippen LogP contribution in [0.2, 0.25) is 0 Å². The van der Waals surface area contributed by atoms with E-state index < -0.39 is 30.2 Å². The van der Waals surface area contributed by atoms with Crippen LogP contribution in [0.3, 0.4) is 0 Å². The Labute approximate surface area is 215 Å². The number of cyclic esters (lactones) is 1. The lowest BCUT2D eigenvalue weighted by atomic mass is 10.1. The van der Waals surface area contributed by atoms with Crippen molar-refractivity contribution in [2.24, 2.45) is 0 Å². The second-order valence-electron chi connectivity index (χ2n) is 8.71. The number of benzene rings is 2. The number of anilines is 2. The number of ether oxygens (including phenoxy) is 2. The summed E-state index contributed by atoms with van der Waals surface area (Å²) in [5.41, 5.74) is 2.05. The molecule has 2 aliphatic heterocycles. The molecule has 0 aliphatic carbocycles. The quantitative estimate of drug-likeness (QED) is 0.347. The minimum atomic E-state index is -1.38. The number of nitrogens with one attached hydrogen (secondary N) is 2. The van der Waals surface area contributed by atoms with Gasteiger partial charge in [-0.05, 0) is 36.4 Å². The van der Waals surface area contributed by atoms with Gasteiger partial charge in [-0.3, -0.25) is 14.7 Å². The predicted molar refractivity (Wildman–Crippen MR) is 135 cm³/mol. The van der Waals surface area contributed by atoms with E-state index in [0.29, 0.717) is 39.3 Å². The molecule has 1 saturated heterocycles. The van der Waals surface area contributed by atoms with E-state index in [9.17, 15) is 24.2 Å². The van der Waals surface area contributed by atoms with E-state index in [1.54, 1.807) is 30.3 Å². The van der Waals surface area contributed by atoms with Crippen LogP contribution in [0.5, 0.6) is 5.75 Å². The average molecular weight is 529 g/mol. The van der Waals surface area contributed by atoms with E-state index in [0.717, 1.165) is 11.1 Å². The van der Waals surface area contributed by atoms with Gasteiger partial charge in [-0.1, -0.05) is 0 Å². The van der Waals surface area contributed by atoms with Gasteiger partial charge in [0.25, 0.3) is 0 Å². The lowest BCUT2D eigenvalue weighted by Gasteiger charge is -2.23. The molecule has 37 heavy (non-hydrogen) atoms. The highest BCUT2D eigenvalue weighted by Gasteiger charge is 2.39. The van der Waals surface area contributed by atoms with Crippen LogP contribution in [0, 0.1) is 5.82 Å². The monoisotopic (exact) mass is 528 g/mol. The number of aromatic nitrogens is 1. The molecule has 4 N–H and O–H groups in total. The number of hydrogen-bond donors (Lipinski definition) is 4. The minimum Gasteiger partial charge on any atom is -0.497 e. The number of amides is 2. The molecule has 1 aromatic heterocycles. The van der Waals surface area contributed by atoms with Crippen LogP contribution in [-0.2, 0) is 16.1 Å². The van der Waals surface area contributed by atoms with Crippen molar-refractivity contribution in [1.29, 1.82) is 0 Å². The summed E-state index contributed by atoms with van der Waals surface area (Å²) in [6, 6.07) is 10.4. The number of pyridine rings is 1. The van der Waals surface area contributed by atoms with Gasteiger partial charge >= 0.3 is 6.09 Å². The van der Waals surface area contributed by atoms with Gasteiger partial charge in [0, 0.05) is 34.6 Å². The smallest absolute Gasteiger partial charge is 0.414 e. The number of aliphatic hydroxyl groups excluding tert-OH is 2. The fraction of sp³-hybridized carbons (Fsp3) is 0.320. The van der Waals surface area contributed by atoms with Crippen molar-refractivity contribution < 1.29 is 33.7 Å². The number of halogens is 1. The van der Waals surface area contributed by atoms with Gasteiger partial charge in [0.2, 0.25) is 5.91 Å². The summed E-state index contributed by atoms with van der Waals surface area (Å²) < 4.78 is 25.1. The summed E-state index contributed by atoms with van der Waals surface area (Å²) in [7, 11) is 1.52. The highest BCUT2D eigenvalue weighted by molar-refractivity contribution is 8.00. The van der Waals surface area contributed by atoms with E-state index in [-0.39, 0.29) is 25.5 Å². The largest absolute Gasteiger partial charge is 0.497 e. The lowest BCUT2D eigenvalue weighted by molar-refractivity contribution is -0.113. The van der Waals surface area contributed by atoms with E-state index in [1.165, 1.54) is 23.8 Å². The highest BCUT2D eigenvalue weighted by atomic mass is 32.2. The minimum absolute atomic E-state index is 0.0142. The molecule has 2 aliphatic rings. The van der Waals surface area contributed by atoms with Crippen LogP contribution in [0.15, 0.2) is 47.5 Å². The Morgan fingerprint density at radius 3 is 2.95 bits per heavy atom. The van der Waals surface area contributed by atoms with Gasteiger partial charge in [0.05, 0.1) is 42.9 Å². The Kier molecular flexibility index (Phi) is 7.15. The maximum absolute atomic E-state index is 14.5. The SMILES string of the molecule is COc1ccc2ncc(F)c(CNC[C@@H](O)C(O)[C@H]3CN(c4ccc5c(c4)NC(=O)CS5)C(=O)O3)c2c1. The first-order valence-corrected chi connectivity index (χ1v) is 12.6. The van der Waals surface area contributed by atoms with Crippen molar-refractivity contribution in [1.82, 2.24) is 10.3 Å². The molecule has 5 rings (SSSR count). The van der Waals surface area contributed by atoms with Crippen molar-refractivity contribution in [3.8, 4) is 5.75 Å². The number of nitrogens with zero attached hydrogens (tertiary/aromatic N) is 2. The fourth-order valence-electron chi connectivity index (χ4n) is 4.33. The first-order valence-electron chi connectivity index (χ1n) is 11.6. The molecular formula is C25H25FN4O6S. The molecule has 1 fully saturated rings. The van der Waals surface area contributed by atoms with Crippen molar-refractivity contribution in [3.05, 3.63) is 54.0 Å². The molecule has 2 aromatic carbocycles. The molecule has 2 amide bonds. The molecule has 3 heterocycles. The van der Waals surface area contributed by atoms with Gasteiger partial charge in [0.1, 0.15) is 17.7 Å². The molecule has 3 atom stereocenters. The van der Waals surface area contributed by atoms with Crippen LogP contribution in [-0.4, -0.2) is 71.5 Å². The van der Waals surface area contributed by atoms with Crippen molar-refractivity contribution in [3.63, 3.8) is 0 Å². The van der Waals surface area contributed by atoms with Crippen LogP contribution in [0.1, 0.15) is 5.56 Å². The third-order valence-corrected chi connectivity index (χ3v) is 7.38. The summed E-state index contributed by atoms with van der Waals surface area (Å²) in [6.07, 6.45) is -3.18. The van der Waals surface area contributed by atoms with Gasteiger partial charge in [-0.15, -0.1) is 11.8 Å². The maximum Gasteiger partial charge on any atom is 0.414 e. The average Bonchev–Trinajstić information content (AvgIpc) is 3.29. The molecule has 12 heteroatoms. The molecule has 0 bridgehead atoms. The zero-order valence-corrected chi connectivity index (χ0v) is 20.6. The Hall–Kier alpha value is -3.45. The molecule has 0 radical (unpaired) electrons. The number of methoxy groups -OCH3 is 1. The van der Waals surface area contributed by atoms with E-state index in [4.69, 9.17) is 9.47 Å². The van der Waals surface area contributed by atoms with Crippen LogP contribution >= 0.6 is 11.8 Å². The molecule has 1 unspecified atom stereocenters. The third-order valence-electron chi connectivity index (χ3n) is 6.31. The second-order valence-corrected chi connectivity index (χ2v) is 9.72. The van der Waals surface area contributed by atoms with Crippen LogP contribution in [0.4, 0.5) is 20.6 Å². The Morgan fingerprint density at radius 2 is 2.14 bits per heavy atom. The third kappa shape index (κ3) is 5.18. The fourth-order valence-corrected chi connectivity index (χ4v) is 5.12. The first-order chi connectivity index (χ1) is 17.8. The normalized spacial score (nSPS) is 18.8. The van der Waals surface area contributed by atoms with Crippen molar-refractivity contribution in [2.75, 3.05) is 36.2 Å². The van der Waals surface area contributed by atoms with Crippen LogP contribution < -0.4 is 20.3 Å². The zero-order chi connectivity index (χ0) is 26.1. The van der Waals surface area contributed by atoms with E-state index in [2.05, 4.69) is 15.6 Å². The van der Waals surface area contributed by atoms with Gasteiger partial charge in [-0.25, -0.2) is 9.18 Å². The molecular weight excluding hydrogens is 503 g/mol. The summed E-state index contributed by atoms with van der Waals surface area (Å²) in [6.45, 7) is 0.00211. The number of hydrogen-bond acceptors (Lipinski definition) is 9. The topological polar surface area (TPSA) is 133 Å². The summed E-state index contributed by atoms with van der Waals surface area (Å²) in [4.78, 5) is 30.5. The van der Waals surface area contributed by atoms with E-state index in [1.807, 2.05) is 6.07 Å². The second kappa shape index (κ2) is 10.5. The first kappa shape index (κ1) is 25.2. The molecule has 3 aromatic rings. The van der Waals surface area contributed by atoms with Gasteiger partial charge in [-0.2, -0.15) is 0 Å². The van der Waals surface area contributed by atoms with Gasteiger partial charge < -0.3 is 30.3 Å². The lowest BCUT2D eigenvalue weighted by Crippen LogP contribution is -2.44. The number of thioether (sulfide) groups is 1. The number of aliphatic hydroxyl groups is 2. The Morgan fingerprint density at radius 1 is 1.30 bits per heavy atom. The Bertz CT molecular complexity index is 1360. The number of carbonyl (C=O) groups is 2. The summed E-state index contributed by atoms with van der Waals surface area (Å²) >= 11 is 1.41. The molecule has 0 spiro atoms. The number of rotatable bonds is 8. The summed E-state index contributed by atoms with van der Waals surface area (Å²) in [5, 5.41) is 27.5. The van der Waals surface area contributed by atoms with Crippen molar-refractivity contribution in [2.45, 2.75) is 29.8 Å². The van der Waals surface area contributed by atoms with Crippen molar-refractivity contribution >= 4 is 46.0 Å². The number of carbonyl (C=O) groups excluding carboxylic acids is 2. The Balaban J connectivity index is 1.21. The standard InChI is InChI=1S/C25H25FN4O6S/c1-35-14-3-4-18-15(7-14)16(17(26)9-28-18)8-27-10-20(31)24(33)21-11-30(25(34)36-21)13-2-5-22-19(6-13)29-23(32)12-37-22/h2-7,9,20-21,24,27,31,33H,8,10-12H2,1H3,(H,29,32)/t20-,21-,24?/m1/s1. The zero-order valence-electron chi connectivity index (χ0n) is 19.8. The van der Waals surface area contributed by atoms with Gasteiger partial charge in [0.15, 0.2) is 6.10 Å². The summed E-state index contributed by atoms with van der Waals surface area (Å²) in [5.74, 6) is 0.255. The van der Waals surface area contributed by atoms with Crippen LogP contribution in [0.25, 0.3) is 10.9 Å². The molecule has 194 valence electrons. The molecule has 0 saturated carbocycles. The maximum atomic E-state index is 14.5. The predicted octanol–water partition coefficient (Wildman–Crippen LogP) is 2.26. The number of fused-ring (bicyclic) bond motifs is 2. The highest BCUT2D eigenvalue weighted by Crippen LogP contribution is 2.35. The van der Waals surface area contributed by atoms with E-state index >= 15 is 0 Å². The molecule has 10 nitrogen and oxygen atoms in total.